The molecule has 2 fully saturated rings. The lowest BCUT2D eigenvalue weighted by Gasteiger charge is -2.35. The summed E-state index contributed by atoms with van der Waals surface area (Å²) >= 11 is 1.69. The van der Waals surface area contributed by atoms with Gasteiger partial charge in [-0.2, -0.15) is 0 Å². The van der Waals surface area contributed by atoms with Crippen LogP contribution in [0.4, 0.5) is 0 Å². The number of hydrogen-bond donors (Lipinski definition) is 1. The Kier molecular flexibility index (Phi) is 3.69. The van der Waals surface area contributed by atoms with Gasteiger partial charge in [-0.05, 0) is 25.7 Å². The number of carbonyl (C=O) groups excluding carboxylic acids is 1. The summed E-state index contributed by atoms with van der Waals surface area (Å²) in [6, 6.07) is 0. The van der Waals surface area contributed by atoms with Crippen molar-refractivity contribution >= 4 is 17.7 Å². The first-order valence-electron chi connectivity index (χ1n) is 7.24. The second kappa shape index (κ2) is 5.25. The molecule has 5 nitrogen and oxygen atoms in total. The Bertz CT molecular complexity index is 524. The summed E-state index contributed by atoms with van der Waals surface area (Å²) in [6.45, 7) is 3.06. The van der Waals surface area contributed by atoms with Crippen LogP contribution in [0.3, 0.4) is 0 Å². The molecule has 21 heavy (non-hydrogen) atoms. The van der Waals surface area contributed by atoms with E-state index in [1.807, 2.05) is 13.2 Å². The molecule has 116 valence electrons. The van der Waals surface area contributed by atoms with Gasteiger partial charge in [-0.1, -0.05) is 5.57 Å². The summed E-state index contributed by atoms with van der Waals surface area (Å²) in [5, 5.41) is 10.2. The lowest BCUT2D eigenvalue weighted by Crippen LogP contribution is -2.45. The maximum atomic E-state index is 12.6. The van der Waals surface area contributed by atoms with E-state index < -0.39 is 5.54 Å². The lowest BCUT2D eigenvalue weighted by atomic mass is 9.76. The van der Waals surface area contributed by atoms with E-state index in [-0.39, 0.29) is 23.0 Å². The highest BCUT2D eigenvalue weighted by Gasteiger charge is 2.74. The van der Waals surface area contributed by atoms with Gasteiger partial charge >= 0.3 is 5.97 Å². The molecule has 3 rings (SSSR count). The molecule has 0 aromatic heterocycles. The fourth-order valence-corrected chi connectivity index (χ4v) is 5.05. The molecule has 3 unspecified atom stereocenters. The van der Waals surface area contributed by atoms with Crippen molar-refractivity contribution in [3.63, 3.8) is 0 Å². The Morgan fingerprint density at radius 3 is 3.00 bits per heavy atom. The van der Waals surface area contributed by atoms with Gasteiger partial charge in [0.1, 0.15) is 5.76 Å². The van der Waals surface area contributed by atoms with Crippen molar-refractivity contribution in [2.45, 2.75) is 30.7 Å². The number of esters is 1. The third-order valence-corrected chi connectivity index (χ3v) is 5.82. The summed E-state index contributed by atoms with van der Waals surface area (Å²) in [6.07, 6.45) is 5.24. The number of aliphatic hydroxyl groups excluding tert-OH is 1. The van der Waals surface area contributed by atoms with E-state index >= 15 is 0 Å². The van der Waals surface area contributed by atoms with Crippen LogP contribution < -0.4 is 0 Å². The molecule has 0 radical (unpaired) electrons. The molecule has 0 saturated carbocycles. The van der Waals surface area contributed by atoms with Crippen LogP contribution in [0.2, 0.25) is 0 Å². The van der Waals surface area contributed by atoms with Gasteiger partial charge in [0.2, 0.25) is 0 Å². The van der Waals surface area contributed by atoms with Gasteiger partial charge in [0, 0.05) is 18.9 Å². The molecule has 2 aliphatic heterocycles. The number of allylic oxidation sites excluding steroid dienone is 2. The molecule has 3 aliphatic rings. The molecule has 2 heterocycles. The number of piperidine rings is 1. The Morgan fingerprint density at radius 2 is 2.38 bits per heavy atom. The first-order chi connectivity index (χ1) is 10.1. The minimum absolute atomic E-state index is 0.0357. The van der Waals surface area contributed by atoms with Crippen LogP contribution in [0.25, 0.3) is 0 Å². The minimum Gasteiger partial charge on any atom is -0.504 e. The summed E-state index contributed by atoms with van der Waals surface area (Å²) in [5.74, 6) is 0.643. The molecule has 0 bridgehead atoms. The number of ether oxygens (including phenoxy) is 2. The number of carbonyl (C=O) groups is 1. The van der Waals surface area contributed by atoms with Gasteiger partial charge < -0.3 is 14.6 Å². The van der Waals surface area contributed by atoms with Crippen molar-refractivity contribution in [2.75, 3.05) is 26.5 Å². The second-order valence-corrected chi connectivity index (χ2v) is 6.48. The Hall–Kier alpha value is -1.14. The molecule has 2 saturated heterocycles. The van der Waals surface area contributed by atoms with E-state index in [0.29, 0.717) is 18.8 Å². The standard InChI is InChI=1S/C15H21NO4S/c1-4-20-14(18)15-10-8-12(19-2)11(17)7-9(10)5-6-16(15)13(15)21-3/h7,10,13,17H,4-6,8H2,1-3H3/t10?,13?,15-,16?/m1/s1. The summed E-state index contributed by atoms with van der Waals surface area (Å²) in [4.78, 5) is 14.9. The summed E-state index contributed by atoms with van der Waals surface area (Å²) in [7, 11) is 1.56. The molecule has 6 heteroatoms. The van der Waals surface area contributed by atoms with Crippen LogP contribution in [0, 0.1) is 5.92 Å². The van der Waals surface area contributed by atoms with Crippen molar-refractivity contribution in [3.8, 4) is 0 Å². The zero-order chi connectivity index (χ0) is 15.2. The third-order valence-electron chi connectivity index (χ3n) is 4.76. The van der Waals surface area contributed by atoms with Crippen LogP contribution in [-0.2, 0) is 14.3 Å². The van der Waals surface area contributed by atoms with E-state index in [9.17, 15) is 9.90 Å². The Labute approximate surface area is 129 Å². The quantitative estimate of drug-likeness (QED) is 0.633. The van der Waals surface area contributed by atoms with Crippen molar-refractivity contribution in [3.05, 3.63) is 23.2 Å². The highest BCUT2D eigenvalue weighted by atomic mass is 32.2. The smallest absolute Gasteiger partial charge is 0.329 e. The van der Waals surface area contributed by atoms with Crippen molar-refractivity contribution in [1.82, 2.24) is 4.90 Å². The first-order valence-corrected chi connectivity index (χ1v) is 8.53. The van der Waals surface area contributed by atoms with E-state index in [1.54, 1.807) is 24.9 Å². The maximum absolute atomic E-state index is 12.6. The molecule has 1 N–H and O–H groups in total. The van der Waals surface area contributed by atoms with Crippen molar-refractivity contribution in [1.29, 1.82) is 0 Å². The van der Waals surface area contributed by atoms with Gasteiger partial charge in [0.15, 0.2) is 11.3 Å². The fourth-order valence-electron chi connectivity index (χ4n) is 3.82. The molecule has 0 amide bonds. The van der Waals surface area contributed by atoms with Gasteiger partial charge in [-0.25, -0.2) is 4.79 Å². The zero-order valence-corrected chi connectivity index (χ0v) is 13.4. The number of methoxy groups -OCH3 is 1. The maximum Gasteiger partial charge on any atom is 0.329 e. The van der Waals surface area contributed by atoms with Crippen LogP contribution >= 0.6 is 11.8 Å². The topological polar surface area (TPSA) is 58.8 Å². The first kappa shape index (κ1) is 14.8. The molecular weight excluding hydrogens is 290 g/mol. The predicted molar refractivity (Wildman–Crippen MR) is 80.8 cm³/mol. The van der Waals surface area contributed by atoms with E-state index in [4.69, 9.17) is 9.47 Å². The van der Waals surface area contributed by atoms with Crippen LogP contribution in [-0.4, -0.2) is 53.4 Å². The van der Waals surface area contributed by atoms with Crippen LogP contribution in [0.5, 0.6) is 0 Å². The molecule has 0 aromatic carbocycles. The van der Waals surface area contributed by atoms with Crippen LogP contribution in [0.15, 0.2) is 23.2 Å². The zero-order valence-electron chi connectivity index (χ0n) is 12.6. The molecule has 4 atom stereocenters. The van der Waals surface area contributed by atoms with E-state index in [0.717, 1.165) is 18.5 Å². The molecular formula is C15H21NO4S. The van der Waals surface area contributed by atoms with Gasteiger partial charge in [0.05, 0.1) is 19.1 Å². The Morgan fingerprint density at radius 1 is 1.62 bits per heavy atom. The number of nitrogens with zero attached hydrogens (tertiary/aromatic N) is 1. The van der Waals surface area contributed by atoms with E-state index in [1.165, 1.54) is 0 Å². The number of fused-ring (bicyclic) bond motifs is 3. The Balaban J connectivity index is 1.98. The second-order valence-electron chi connectivity index (χ2n) is 5.57. The number of hydrogen-bond acceptors (Lipinski definition) is 6. The summed E-state index contributed by atoms with van der Waals surface area (Å²) in [5.41, 5.74) is 0.554. The molecule has 0 aromatic rings. The fraction of sp³-hybridized carbons (Fsp3) is 0.667. The largest absolute Gasteiger partial charge is 0.504 e. The normalized spacial score (nSPS) is 37.3. The highest BCUT2D eigenvalue weighted by Crippen LogP contribution is 2.60. The lowest BCUT2D eigenvalue weighted by molar-refractivity contribution is -0.149. The van der Waals surface area contributed by atoms with Crippen molar-refractivity contribution in [2.24, 2.45) is 5.92 Å². The molecule has 0 spiro atoms. The minimum atomic E-state index is -0.579. The molecule has 1 aliphatic carbocycles. The van der Waals surface area contributed by atoms with Gasteiger partial charge in [0.25, 0.3) is 0 Å². The van der Waals surface area contributed by atoms with Gasteiger partial charge in [-0.3, -0.25) is 4.90 Å². The average Bonchev–Trinajstić information content (AvgIpc) is 3.16. The highest BCUT2D eigenvalue weighted by molar-refractivity contribution is 7.99. The third kappa shape index (κ3) is 1.92. The number of aliphatic hydroxyl groups is 1. The monoisotopic (exact) mass is 311 g/mol. The van der Waals surface area contributed by atoms with Crippen LogP contribution in [0.1, 0.15) is 19.8 Å². The van der Waals surface area contributed by atoms with Gasteiger partial charge in [-0.15, -0.1) is 11.8 Å². The SMILES string of the molecule is CCOC(=O)[C@]12C3CC(OC)=C(O)C=C3CCN1C2SC. The van der Waals surface area contributed by atoms with Crippen molar-refractivity contribution < 1.29 is 19.4 Å². The van der Waals surface area contributed by atoms with E-state index in [2.05, 4.69) is 4.90 Å². The summed E-state index contributed by atoms with van der Waals surface area (Å²) < 4.78 is 10.6. The average molecular weight is 311 g/mol. The number of rotatable bonds is 4. The predicted octanol–water partition coefficient (Wildman–Crippen LogP) is 2.06. The number of thioether (sulfide) groups is 1.